The SMILES string of the molecule is CC1CCCC(C2CCC(C(F)(F)Oc3cc(F)c(F)c(F)c3)CC2)CC1. The van der Waals surface area contributed by atoms with Gasteiger partial charge in [-0.05, 0) is 49.9 Å². The van der Waals surface area contributed by atoms with Gasteiger partial charge >= 0.3 is 6.11 Å². The zero-order chi connectivity index (χ0) is 19.6. The van der Waals surface area contributed by atoms with Crippen LogP contribution in [-0.2, 0) is 0 Å². The maximum Gasteiger partial charge on any atom is 0.400 e. The number of halogens is 5. The second-order valence-corrected chi connectivity index (χ2v) is 8.35. The molecular formula is C21H27F5O. The molecule has 2 saturated carbocycles. The van der Waals surface area contributed by atoms with Gasteiger partial charge in [0, 0.05) is 12.1 Å². The topological polar surface area (TPSA) is 9.23 Å². The third-order valence-electron chi connectivity index (χ3n) is 6.43. The lowest BCUT2D eigenvalue weighted by atomic mass is 9.73. The summed E-state index contributed by atoms with van der Waals surface area (Å²) in [4.78, 5) is 0. The zero-order valence-corrected chi connectivity index (χ0v) is 15.6. The van der Waals surface area contributed by atoms with Crippen molar-refractivity contribution in [2.45, 2.75) is 70.8 Å². The second kappa shape index (κ2) is 8.36. The summed E-state index contributed by atoms with van der Waals surface area (Å²) in [6.45, 7) is 2.28. The van der Waals surface area contributed by atoms with Gasteiger partial charge in [0.2, 0.25) is 0 Å². The van der Waals surface area contributed by atoms with Gasteiger partial charge in [-0.25, -0.2) is 13.2 Å². The molecule has 2 unspecified atom stereocenters. The molecular weight excluding hydrogens is 363 g/mol. The predicted octanol–water partition coefficient (Wildman–Crippen LogP) is 7.10. The summed E-state index contributed by atoms with van der Waals surface area (Å²) in [6.07, 6.45) is 4.63. The van der Waals surface area contributed by atoms with E-state index in [0.29, 0.717) is 36.8 Å². The molecule has 0 heterocycles. The predicted molar refractivity (Wildman–Crippen MR) is 93.1 cm³/mol. The van der Waals surface area contributed by atoms with E-state index in [1.807, 2.05) is 0 Å². The molecule has 0 aromatic heterocycles. The van der Waals surface area contributed by atoms with E-state index in [2.05, 4.69) is 11.7 Å². The normalized spacial score (nSPS) is 30.0. The molecule has 0 bridgehead atoms. The molecule has 0 N–H and O–H groups in total. The monoisotopic (exact) mass is 390 g/mol. The van der Waals surface area contributed by atoms with Gasteiger partial charge < -0.3 is 4.74 Å². The maximum absolute atomic E-state index is 14.5. The molecule has 1 aromatic rings. The van der Waals surface area contributed by atoms with Gasteiger partial charge in [-0.3, -0.25) is 0 Å². The van der Waals surface area contributed by atoms with E-state index in [1.165, 1.54) is 32.1 Å². The average molecular weight is 390 g/mol. The van der Waals surface area contributed by atoms with Crippen molar-refractivity contribution in [3.05, 3.63) is 29.6 Å². The van der Waals surface area contributed by atoms with Crippen LogP contribution in [0.4, 0.5) is 22.0 Å². The highest BCUT2D eigenvalue weighted by molar-refractivity contribution is 5.25. The largest absolute Gasteiger partial charge is 0.432 e. The first-order valence-corrected chi connectivity index (χ1v) is 9.97. The van der Waals surface area contributed by atoms with Crippen molar-refractivity contribution in [3.8, 4) is 5.75 Å². The molecule has 0 radical (unpaired) electrons. The van der Waals surface area contributed by atoms with Gasteiger partial charge in [-0.1, -0.05) is 32.6 Å². The smallest absolute Gasteiger partial charge is 0.400 e. The van der Waals surface area contributed by atoms with Gasteiger partial charge in [0.1, 0.15) is 5.75 Å². The molecule has 0 amide bonds. The minimum Gasteiger partial charge on any atom is -0.432 e. The van der Waals surface area contributed by atoms with Crippen LogP contribution < -0.4 is 4.74 Å². The molecule has 0 spiro atoms. The van der Waals surface area contributed by atoms with Crippen LogP contribution in [0.1, 0.15) is 64.7 Å². The van der Waals surface area contributed by atoms with E-state index < -0.39 is 35.2 Å². The minimum atomic E-state index is -3.53. The molecule has 2 aliphatic carbocycles. The molecule has 2 fully saturated rings. The Hall–Kier alpha value is -1.33. The third-order valence-corrected chi connectivity index (χ3v) is 6.43. The van der Waals surface area contributed by atoms with Crippen LogP contribution in [0.2, 0.25) is 0 Å². The summed E-state index contributed by atoms with van der Waals surface area (Å²) >= 11 is 0. The Morgan fingerprint density at radius 2 is 1.37 bits per heavy atom. The van der Waals surface area contributed by atoms with Gasteiger partial charge in [0.25, 0.3) is 0 Å². The average Bonchev–Trinajstić information content (AvgIpc) is 2.84. The Balaban J connectivity index is 1.58. The quantitative estimate of drug-likeness (QED) is 0.303. The van der Waals surface area contributed by atoms with Crippen LogP contribution in [0.3, 0.4) is 0 Å². The Morgan fingerprint density at radius 1 is 0.815 bits per heavy atom. The molecule has 152 valence electrons. The van der Waals surface area contributed by atoms with Crippen molar-refractivity contribution in [2.75, 3.05) is 0 Å². The van der Waals surface area contributed by atoms with Gasteiger partial charge in [0.15, 0.2) is 17.5 Å². The number of benzene rings is 1. The highest BCUT2D eigenvalue weighted by Crippen LogP contribution is 2.45. The number of rotatable bonds is 4. The van der Waals surface area contributed by atoms with Crippen LogP contribution in [0.15, 0.2) is 12.1 Å². The maximum atomic E-state index is 14.5. The lowest BCUT2D eigenvalue weighted by Crippen LogP contribution is -2.38. The van der Waals surface area contributed by atoms with Crippen molar-refractivity contribution in [1.29, 1.82) is 0 Å². The van der Waals surface area contributed by atoms with E-state index in [9.17, 15) is 22.0 Å². The first kappa shape index (κ1) is 20.4. The van der Waals surface area contributed by atoms with E-state index in [4.69, 9.17) is 0 Å². The Kier molecular flexibility index (Phi) is 6.32. The van der Waals surface area contributed by atoms with E-state index in [0.717, 1.165) is 18.8 Å². The molecule has 0 aliphatic heterocycles. The molecule has 2 aliphatic rings. The lowest BCUT2D eigenvalue weighted by Gasteiger charge is -2.36. The minimum absolute atomic E-state index is 0.329. The van der Waals surface area contributed by atoms with Crippen LogP contribution >= 0.6 is 0 Å². The number of hydrogen-bond donors (Lipinski definition) is 0. The van der Waals surface area contributed by atoms with E-state index in [-0.39, 0.29) is 0 Å². The van der Waals surface area contributed by atoms with E-state index >= 15 is 0 Å². The fourth-order valence-electron chi connectivity index (χ4n) is 4.75. The fraction of sp³-hybridized carbons (Fsp3) is 0.714. The van der Waals surface area contributed by atoms with Crippen molar-refractivity contribution in [2.24, 2.45) is 23.7 Å². The zero-order valence-electron chi connectivity index (χ0n) is 15.6. The number of alkyl halides is 2. The van der Waals surface area contributed by atoms with Crippen LogP contribution in [0, 0.1) is 41.1 Å². The van der Waals surface area contributed by atoms with Crippen LogP contribution in [0.25, 0.3) is 0 Å². The molecule has 1 aromatic carbocycles. The first-order chi connectivity index (χ1) is 12.8. The Labute approximate surface area is 157 Å². The second-order valence-electron chi connectivity index (χ2n) is 8.35. The highest BCUT2D eigenvalue weighted by Gasteiger charge is 2.45. The van der Waals surface area contributed by atoms with Crippen molar-refractivity contribution >= 4 is 0 Å². The van der Waals surface area contributed by atoms with Crippen LogP contribution in [-0.4, -0.2) is 6.11 Å². The fourth-order valence-corrected chi connectivity index (χ4v) is 4.75. The first-order valence-electron chi connectivity index (χ1n) is 9.97. The van der Waals surface area contributed by atoms with E-state index in [1.54, 1.807) is 0 Å². The molecule has 0 saturated heterocycles. The Bertz CT molecular complexity index is 616. The number of hydrogen-bond acceptors (Lipinski definition) is 1. The van der Waals surface area contributed by atoms with Gasteiger partial charge in [0.05, 0.1) is 5.92 Å². The van der Waals surface area contributed by atoms with Crippen molar-refractivity contribution < 1.29 is 26.7 Å². The summed E-state index contributed by atoms with van der Waals surface area (Å²) in [5, 5.41) is 0. The lowest BCUT2D eigenvalue weighted by molar-refractivity contribution is -0.224. The number of ether oxygens (including phenoxy) is 1. The van der Waals surface area contributed by atoms with Gasteiger partial charge in [-0.15, -0.1) is 0 Å². The molecule has 6 heteroatoms. The summed E-state index contributed by atoms with van der Waals surface area (Å²) in [6, 6.07) is 0.926. The third kappa shape index (κ3) is 4.94. The van der Waals surface area contributed by atoms with Crippen LogP contribution in [0.5, 0.6) is 5.75 Å². The molecule has 1 nitrogen and oxygen atoms in total. The molecule has 3 rings (SSSR count). The molecule has 27 heavy (non-hydrogen) atoms. The highest BCUT2D eigenvalue weighted by atomic mass is 19.3. The standard InChI is InChI=1S/C21H27F5O/c1-13-3-2-4-14(6-5-13)15-7-9-16(10-8-15)21(25,26)27-17-11-18(22)20(24)19(23)12-17/h11-16H,2-10H2,1H3. The summed E-state index contributed by atoms with van der Waals surface area (Å²) in [7, 11) is 0. The molecule has 2 atom stereocenters. The summed E-state index contributed by atoms with van der Waals surface area (Å²) in [5.74, 6) is -4.59. The van der Waals surface area contributed by atoms with Crippen molar-refractivity contribution in [3.63, 3.8) is 0 Å². The Morgan fingerprint density at radius 3 is 2.00 bits per heavy atom. The van der Waals surface area contributed by atoms with Crippen molar-refractivity contribution in [1.82, 2.24) is 0 Å². The summed E-state index contributed by atoms with van der Waals surface area (Å²) in [5.41, 5.74) is 0. The summed E-state index contributed by atoms with van der Waals surface area (Å²) < 4.78 is 73.0. The van der Waals surface area contributed by atoms with Gasteiger partial charge in [-0.2, -0.15) is 8.78 Å².